The van der Waals surface area contributed by atoms with Gasteiger partial charge < -0.3 is 19.5 Å². The van der Waals surface area contributed by atoms with E-state index in [1.165, 1.54) is 0 Å². The molecule has 0 aliphatic rings. The van der Waals surface area contributed by atoms with Gasteiger partial charge in [-0.15, -0.1) is 0 Å². The molecule has 30 heavy (non-hydrogen) atoms. The summed E-state index contributed by atoms with van der Waals surface area (Å²) in [5.41, 5.74) is 2.88. The standard InChI is InChI=1S/C21H18ClN5O3/c1-28-16-8-12(9-17(29-2)19(16)30-3)18-21(25-15-7-5-4-6-14(15)22)27-20(26-18)13(10-23)11-24-27/h4-9,11,24-25H,1-3H3. The number of methoxy groups -OCH3 is 3. The lowest BCUT2D eigenvalue weighted by atomic mass is 10.1. The van der Waals surface area contributed by atoms with Crippen LogP contribution in [0.5, 0.6) is 17.2 Å². The first kappa shape index (κ1) is 19.5. The molecular formula is C21H18ClN5O3. The summed E-state index contributed by atoms with van der Waals surface area (Å²) in [7, 11) is 4.65. The molecule has 0 atom stereocenters. The highest BCUT2D eigenvalue weighted by atomic mass is 35.5. The Morgan fingerprint density at radius 1 is 1.10 bits per heavy atom. The zero-order valence-corrected chi connectivity index (χ0v) is 17.2. The van der Waals surface area contributed by atoms with Gasteiger partial charge in [-0.05, 0) is 24.3 Å². The number of benzene rings is 2. The van der Waals surface area contributed by atoms with Gasteiger partial charge in [-0.1, -0.05) is 23.7 Å². The normalized spacial score (nSPS) is 10.6. The van der Waals surface area contributed by atoms with Crippen molar-refractivity contribution >= 4 is 28.8 Å². The topological polar surface area (TPSA) is 96.6 Å². The molecule has 0 spiro atoms. The van der Waals surface area contributed by atoms with Crippen molar-refractivity contribution in [1.82, 2.24) is 14.6 Å². The molecule has 4 rings (SSSR count). The molecule has 0 radical (unpaired) electrons. The number of fused-ring (bicyclic) bond motifs is 1. The number of H-pyrrole nitrogens is 1. The number of para-hydroxylation sites is 1. The van der Waals surface area contributed by atoms with Crippen molar-refractivity contribution in [2.45, 2.75) is 0 Å². The summed E-state index contributed by atoms with van der Waals surface area (Å²) in [6, 6.07) is 13.1. The minimum Gasteiger partial charge on any atom is -0.493 e. The molecule has 2 heterocycles. The molecule has 4 aromatic rings. The van der Waals surface area contributed by atoms with Gasteiger partial charge in [0, 0.05) is 11.8 Å². The van der Waals surface area contributed by atoms with E-state index in [0.29, 0.717) is 56.2 Å². The molecule has 2 aromatic carbocycles. The van der Waals surface area contributed by atoms with E-state index in [4.69, 9.17) is 30.8 Å². The van der Waals surface area contributed by atoms with Gasteiger partial charge in [0.05, 0.1) is 32.0 Å². The maximum Gasteiger partial charge on any atom is 0.203 e. The van der Waals surface area contributed by atoms with Crippen LogP contribution >= 0.6 is 11.6 Å². The number of hydrogen-bond donors (Lipinski definition) is 2. The lowest BCUT2D eigenvalue weighted by Gasteiger charge is -2.14. The lowest BCUT2D eigenvalue weighted by Crippen LogP contribution is -1.99. The minimum atomic E-state index is 0.413. The van der Waals surface area contributed by atoms with Crippen molar-refractivity contribution < 1.29 is 14.2 Å². The summed E-state index contributed by atoms with van der Waals surface area (Å²) in [6.07, 6.45) is 1.60. The quantitative estimate of drug-likeness (QED) is 0.469. The third kappa shape index (κ3) is 3.15. The zero-order valence-electron chi connectivity index (χ0n) is 16.5. The second-order valence-corrected chi connectivity index (χ2v) is 6.69. The van der Waals surface area contributed by atoms with Crippen LogP contribution in [0, 0.1) is 11.3 Å². The summed E-state index contributed by atoms with van der Waals surface area (Å²) in [5.74, 6) is 2.07. The van der Waals surface area contributed by atoms with Gasteiger partial charge in [-0.2, -0.15) is 5.26 Å². The molecule has 9 heteroatoms. The maximum atomic E-state index is 9.44. The van der Waals surface area contributed by atoms with Gasteiger partial charge in [0.1, 0.15) is 17.3 Å². The van der Waals surface area contributed by atoms with Crippen LogP contribution in [-0.2, 0) is 0 Å². The SMILES string of the molecule is COc1cc(-c2nc3c(C#N)c[nH]n3c2Nc2ccccc2Cl)cc(OC)c1OC. The summed E-state index contributed by atoms with van der Waals surface area (Å²) >= 11 is 6.35. The van der Waals surface area contributed by atoms with Crippen molar-refractivity contribution in [2.24, 2.45) is 0 Å². The monoisotopic (exact) mass is 423 g/mol. The number of imidazole rings is 1. The molecule has 0 bridgehead atoms. The van der Waals surface area contributed by atoms with Gasteiger partial charge >= 0.3 is 0 Å². The Morgan fingerprint density at radius 2 is 1.80 bits per heavy atom. The number of nitrogens with one attached hydrogen (secondary N) is 2. The highest BCUT2D eigenvalue weighted by Crippen LogP contribution is 2.43. The fourth-order valence-corrected chi connectivity index (χ4v) is 3.41. The van der Waals surface area contributed by atoms with E-state index in [9.17, 15) is 5.26 Å². The summed E-state index contributed by atoms with van der Waals surface area (Å²) in [6.45, 7) is 0. The Kier molecular flexibility index (Phi) is 5.12. The number of hydrogen-bond acceptors (Lipinski definition) is 6. The minimum absolute atomic E-state index is 0.413. The number of aromatic amines is 1. The Labute approximate surface area is 177 Å². The predicted molar refractivity (Wildman–Crippen MR) is 114 cm³/mol. The molecule has 2 N–H and O–H groups in total. The number of aromatic nitrogens is 3. The van der Waals surface area contributed by atoms with Gasteiger partial charge in [-0.3, -0.25) is 5.10 Å². The molecule has 2 aromatic heterocycles. The van der Waals surface area contributed by atoms with E-state index in [0.717, 1.165) is 0 Å². The summed E-state index contributed by atoms with van der Waals surface area (Å²) < 4.78 is 18.1. The molecule has 0 aliphatic heterocycles. The van der Waals surface area contributed by atoms with Crippen LogP contribution in [0.15, 0.2) is 42.6 Å². The van der Waals surface area contributed by atoms with Crippen molar-refractivity contribution in [3.63, 3.8) is 0 Å². The van der Waals surface area contributed by atoms with Crippen LogP contribution in [0.3, 0.4) is 0 Å². The predicted octanol–water partition coefficient (Wildman–Crippen LogP) is 4.62. The van der Waals surface area contributed by atoms with Gasteiger partial charge in [0.15, 0.2) is 23.0 Å². The Hall–Kier alpha value is -3.83. The van der Waals surface area contributed by atoms with E-state index in [-0.39, 0.29) is 0 Å². The number of ether oxygens (including phenoxy) is 3. The smallest absolute Gasteiger partial charge is 0.203 e. The Balaban J connectivity index is 1.96. The van der Waals surface area contributed by atoms with Gasteiger partial charge in [-0.25, -0.2) is 9.50 Å². The molecule has 8 nitrogen and oxygen atoms in total. The van der Waals surface area contributed by atoms with Crippen LogP contribution < -0.4 is 19.5 Å². The van der Waals surface area contributed by atoms with Crippen LogP contribution in [-0.4, -0.2) is 35.9 Å². The van der Waals surface area contributed by atoms with Crippen molar-refractivity contribution in [3.8, 4) is 34.6 Å². The molecule has 0 fully saturated rings. The average molecular weight is 424 g/mol. The van der Waals surface area contributed by atoms with E-state index >= 15 is 0 Å². The fourth-order valence-electron chi connectivity index (χ4n) is 3.23. The van der Waals surface area contributed by atoms with Crippen molar-refractivity contribution in [2.75, 3.05) is 26.6 Å². The number of anilines is 2. The largest absolute Gasteiger partial charge is 0.493 e. The second kappa shape index (κ2) is 7.89. The number of nitriles is 1. The molecular weight excluding hydrogens is 406 g/mol. The first-order chi connectivity index (χ1) is 14.6. The van der Waals surface area contributed by atoms with Crippen LogP contribution in [0.25, 0.3) is 16.9 Å². The van der Waals surface area contributed by atoms with Crippen LogP contribution in [0.1, 0.15) is 5.56 Å². The van der Waals surface area contributed by atoms with Gasteiger partial charge in [0.2, 0.25) is 5.75 Å². The molecule has 152 valence electrons. The number of rotatable bonds is 6. The first-order valence-corrected chi connectivity index (χ1v) is 9.31. The van der Waals surface area contributed by atoms with Crippen LogP contribution in [0.4, 0.5) is 11.5 Å². The molecule has 0 aliphatic carbocycles. The number of halogens is 1. The van der Waals surface area contributed by atoms with E-state index in [1.54, 1.807) is 50.2 Å². The van der Waals surface area contributed by atoms with Crippen molar-refractivity contribution in [3.05, 3.63) is 53.2 Å². The van der Waals surface area contributed by atoms with E-state index in [1.807, 2.05) is 18.2 Å². The Morgan fingerprint density at radius 3 is 2.40 bits per heavy atom. The van der Waals surface area contributed by atoms with Crippen molar-refractivity contribution in [1.29, 1.82) is 5.26 Å². The highest BCUT2D eigenvalue weighted by Gasteiger charge is 2.22. The molecule has 0 saturated carbocycles. The maximum absolute atomic E-state index is 9.44. The summed E-state index contributed by atoms with van der Waals surface area (Å²) in [4.78, 5) is 4.70. The van der Waals surface area contributed by atoms with E-state index in [2.05, 4.69) is 16.5 Å². The molecule has 0 unspecified atom stereocenters. The molecule has 0 amide bonds. The third-order valence-electron chi connectivity index (χ3n) is 4.64. The zero-order chi connectivity index (χ0) is 21.3. The fraction of sp³-hybridized carbons (Fsp3) is 0.143. The van der Waals surface area contributed by atoms with Crippen LogP contribution in [0.2, 0.25) is 5.02 Å². The Bertz CT molecular complexity index is 1250. The average Bonchev–Trinajstić information content (AvgIpc) is 3.33. The van der Waals surface area contributed by atoms with E-state index < -0.39 is 0 Å². The first-order valence-electron chi connectivity index (χ1n) is 8.93. The lowest BCUT2D eigenvalue weighted by molar-refractivity contribution is 0.324. The molecule has 0 saturated heterocycles. The van der Waals surface area contributed by atoms with Gasteiger partial charge in [0.25, 0.3) is 0 Å². The second-order valence-electron chi connectivity index (χ2n) is 6.29. The summed E-state index contributed by atoms with van der Waals surface area (Å²) in [5, 5.41) is 16.4. The third-order valence-corrected chi connectivity index (χ3v) is 4.97. The number of nitrogens with zero attached hydrogens (tertiary/aromatic N) is 3. The highest BCUT2D eigenvalue weighted by molar-refractivity contribution is 6.33.